The van der Waals surface area contributed by atoms with Crippen molar-refractivity contribution in [3.8, 4) is 11.5 Å². The molecule has 1 aliphatic carbocycles. The molecular formula is C22H28N2O4S. The molecule has 1 aromatic carbocycles. The fourth-order valence-electron chi connectivity index (χ4n) is 3.66. The molecular weight excluding hydrogens is 388 g/mol. The molecule has 3 N–H and O–H groups in total. The van der Waals surface area contributed by atoms with Crippen LogP contribution in [0.15, 0.2) is 24.3 Å². The van der Waals surface area contributed by atoms with E-state index in [2.05, 4.69) is 26.1 Å². The molecule has 2 amide bonds. The third kappa shape index (κ3) is 4.90. The molecule has 3 rings (SSSR count). The van der Waals surface area contributed by atoms with Gasteiger partial charge in [-0.3, -0.25) is 9.59 Å². The van der Waals surface area contributed by atoms with Crippen molar-refractivity contribution in [2.24, 2.45) is 17.1 Å². The van der Waals surface area contributed by atoms with E-state index < -0.39 is 5.91 Å². The van der Waals surface area contributed by atoms with Gasteiger partial charge < -0.3 is 20.5 Å². The Kier molecular flexibility index (Phi) is 6.17. The summed E-state index contributed by atoms with van der Waals surface area (Å²) in [5.74, 6) is 0.994. The Hall–Kier alpha value is -2.54. The molecule has 1 atom stereocenters. The summed E-state index contributed by atoms with van der Waals surface area (Å²) in [5.41, 5.74) is 7.29. The van der Waals surface area contributed by atoms with Gasteiger partial charge in [0.15, 0.2) is 6.61 Å². The summed E-state index contributed by atoms with van der Waals surface area (Å²) in [7, 11) is 1.59. The first-order chi connectivity index (χ1) is 13.7. The number of carbonyl (C=O) groups excluding carboxylic acids is 2. The van der Waals surface area contributed by atoms with Crippen molar-refractivity contribution in [1.29, 1.82) is 0 Å². The molecule has 0 aliphatic heterocycles. The van der Waals surface area contributed by atoms with E-state index in [-0.39, 0.29) is 17.9 Å². The van der Waals surface area contributed by atoms with E-state index in [1.54, 1.807) is 31.4 Å². The Balaban J connectivity index is 1.70. The van der Waals surface area contributed by atoms with E-state index in [9.17, 15) is 9.59 Å². The second-order valence-electron chi connectivity index (χ2n) is 8.39. The summed E-state index contributed by atoms with van der Waals surface area (Å²) in [5, 5.41) is 3.35. The maximum Gasteiger partial charge on any atom is 0.262 e. The number of nitrogens with two attached hydrogens (primary N) is 1. The van der Waals surface area contributed by atoms with E-state index in [1.807, 2.05) is 0 Å². The Morgan fingerprint density at radius 3 is 2.45 bits per heavy atom. The first kappa shape index (κ1) is 21.2. The van der Waals surface area contributed by atoms with E-state index in [0.717, 1.165) is 29.7 Å². The lowest BCUT2D eigenvalue weighted by Gasteiger charge is -2.33. The largest absolute Gasteiger partial charge is 0.497 e. The molecule has 1 aliphatic rings. The maximum atomic E-state index is 12.4. The molecule has 1 aromatic heterocycles. The Morgan fingerprint density at radius 1 is 1.21 bits per heavy atom. The van der Waals surface area contributed by atoms with Crippen molar-refractivity contribution >= 4 is 28.2 Å². The number of hydrogen-bond acceptors (Lipinski definition) is 5. The molecule has 0 radical (unpaired) electrons. The zero-order chi connectivity index (χ0) is 21.2. The first-order valence-corrected chi connectivity index (χ1v) is 10.5. The Morgan fingerprint density at radius 2 is 1.86 bits per heavy atom. The molecule has 1 unspecified atom stereocenters. The molecule has 0 fully saturated rings. The van der Waals surface area contributed by atoms with Crippen LogP contribution in [0.4, 0.5) is 5.00 Å². The topological polar surface area (TPSA) is 90.7 Å². The molecule has 1 heterocycles. The van der Waals surface area contributed by atoms with Crippen LogP contribution in [0.2, 0.25) is 0 Å². The van der Waals surface area contributed by atoms with Crippen LogP contribution in [0.5, 0.6) is 11.5 Å². The van der Waals surface area contributed by atoms with Gasteiger partial charge in [0, 0.05) is 4.88 Å². The summed E-state index contributed by atoms with van der Waals surface area (Å²) in [6.45, 7) is 6.57. The van der Waals surface area contributed by atoms with Gasteiger partial charge in [0.1, 0.15) is 16.5 Å². The number of primary amides is 1. The summed E-state index contributed by atoms with van der Waals surface area (Å²) in [4.78, 5) is 25.7. The highest BCUT2D eigenvalue weighted by Gasteiger charge is 2.33. The van der Waals surface area contributed by atoms with Crippen LogP contribution in [-0.2, 0) is 17.6 Å². The molecule has 2 aromatic rings. The standard InChI is InChI=1S/C22H28N2O4S/c1-22(2,3)13-5-10-16-17(11-13)29-21(19(16)20(23)26)24-18(25)12-28-15-8-6-14(27-4)7-9-15/h6-9,13H,5,10-12H2,1-4H3,(H2,23,26)(H,24,25). The zero-order valence-electron chi connectivity index (χ0n) is 17.3. The highest BCUT2D eigenvalue weighted by molar-refractivity contribution is 7.17. The van der Waals surface area contributed by atoms with Crippen LogP contribution in [0.25, 0.3) is 0 Å². The number of nitrogens with one attached hydrogen (secondary N) is 1. The molecule has 0 saturated carbocycles. The van der Waals surface area contributed by atoms with Gasteiger partial charge in [-0.25, -0.2) is 0 Å². The summed E-state index contributed by atoms with van der Waals surface area (Å²) in [6.07, 6.45) is 2.73. The molecule has 29 heavy (non-hydrogen) atoms. The lowest BCUT2D eigenvalue weighted by atomic mass is 9.72. The minimum Gasteiger partial charge on any atom is -0.497 e. The second kappa shape index (κ2) is 8.45. The molecule has 0 bridgehead atoms. The molecule has 156 valence electrons. The molecule has 0 saturated heterocycles. The first-order valence-electron chi connectivity index (χ1n) is 9.70. The van der Waals surface area contributed by atoms with E-state index in [0.29, 0.717) is 28.0 Å². The number of ether oxygens (including phenoxy) is 2. The van der Waals surface area contributed by atoms with Gasteiger partial charge in [-0.15, -0.1) is 11.3 Å². The molecule has 0 spiro atoms. The van der Waals surface area contributed by atoms with Crippen molar-refractivity contribution in [3.05, 3.63) is 40.3 Å². The normalized spacial score (nSPS) is 16.1. The number of methoxy groups -OCH3 is 1. The van der Waals surface area contributed by atoms with Crippen molar-refractivity contribution < 1.29 is 19.1 Å². The van der Waals surface area contributed by atoms with Crippen molar-refractivity contribution in [2.45, 2.75) is 40.0 Å². The van der Waals surface area contributed by atoms with Gasteiger partial charge >= 0.3 is 0 Å². The van der Waals surface area contributed by atoms with Crippen molar-refractivity contribution in [2.75, 3.05) is 19.0 Å². The fraction of sp³-hybridized carbons (Fsp3) is 0.455. The Labute approximate surface area is 175 Å². The minimum atomic E-state index is -0.497. The van der Waals surface area contributed by atoms with Gasteiger partial charge in [-0.1, -0.05) is 20.8 Å². The quantitative estimate of drug-likeness (QED) is 0.744. The number of amides is 2. The van der Waals surface area contributed by atoms with Gasteiger partial charge in [0.2, 0.25) is 0 Å². The van der Waals surface area contributed by atoms with Crippen LogP contribution in [-0.4, -0.2) is 25.5 Å². The third-order valence-corrected chi connectivity index (χ3v) is 6.59. The Bertz CT molecular complexity index is 897. The van der Waals surface area contributed by atoms with Crippen LogP contribution in [0, 0.1) is 11.3 Å². The lowest BCUT2D eigenvalue weighted by Crippen LogP contribution is -2.27. The number of thiophene rings is 1. The zero-order valence-corrected chi connectivity index (χ0v) is 18.2. The predicted octanol–water partition coefficient (Wildman–Crippen LogP) is 4.02. The molecule has 7 heteroatoms. The van der Waals surface area contributed by atoms with Crippen molar-refractivity contribution in [3.63, 3.8) is 0 Å². The maximum absolute atomic E-state index is 12.4. The van der Waals surface area contributed by atoms with Crippen LogP contribution in [0.3, 0.4) is 0 Å². The number of fused-ring (bicyclic) bond motifs is 1. The van der Waals surface area contributed by atoms with Gasteiger partial charge in [0.25, 0.3) is 11.8 Å². The van der Waals surface area contributed by atoms with Gasteiger partial charge in [-0.2, -0.15) is 0 Å². The van der Waals surface area contributed by atoms with E-state index in [1.165, 1.54) is 11.3 Å². The smallest absolute Gasteiger partial charge is 0.262 e. The third-order valence-electron chi connectivity index (χ3n) is 5.42. The number of carbonyl (C=O) groups is 2. The number of benzene rings is 1. The second-order valence-corrected chi connectivity index (χ2v) is 9.50. The summed E-state index contributed by atoms with van der Waals surface area (Å²) < 4.78 is 10.6. The number of hydrogen-bond donors (Lipinski definition) is 2. The summed E-state index contributed by atoms with van der Waals surface area (Å²) >= 11 is 1.46. The number of rotatable bonds is 6. The average Bonchev–Trinajstić information content (AvgIpc) is 3.03. The monoisotopic (exact) mass is 416 g/mol. The number of anilines is 1. The van der Waals surface area contributed by atoms with Gasteiger partial charge in [0.05, 0.1) is 12.7 Å². The SMILES string of the molecule is COc1ccc(OCC(=O)Nc2sc3c(c2C(N)=O)CCC(C(C)(C)C)C3)cc1. The van der Waals surface area contributed by atoms with E-state index >= 15 is 0 Å². The minimum absolute atomic E-state index is 0.155. The van der Waals surface area contributed by atoms with Crippen LogP contribution < -0.4 is 20.5 Å². The highest BCUT2D eigenvalue weighted by atomic mass is 32.1. The van der Waals surface area contributed by atoms with Crippen LogP contribution in [0.1, 0.15) is 48.0 Å². The van der Waals surface area contributed by atoms with E-state index in [4.69, 9.17) is 15.2 Å². The van der Waals surface area contributed by atoms with Crippen molar-refractivity contribution in [1.82, 2.24) is 0 Å². The summed E-state index contributed by atoms with van der Waals surface area (Å²) in [6, 6.07) is 6.99. The predicted molar refractivity (Wildman–Crippen MR) is 115 cm³/mol. The average molecular weight is 417 g/mol. The highest BCUT2D eigenvalue weighted by Crippen LogP contribution is 2.44. The van der Waals surface area contributed by atoms with Gasteiger partial charge in [-0.05, 0) is 60.4 Å². The molecule has 6 nitrogen and oxygen atoms in total. The van der Waals surface area contributed by atoms with Crippen LogP contribution >= 0.6 is 11.3 Å². The lowest BCUT2D eigenvalue weighted by molar-refractivity contribution is -0.118. The fourth-order valence-corrected chi connectivity index (χ4v) is 5.01.